The van der Waals surface area contributed by atoms with E-state index in [2.05, 4.69) is 38.3 Å². The molecule has 2 aromatic heterocycles. The average Bonchev–Trinajstić information content (AvgIpc) is 3.11. The summed E-state index contributed by atoms with van der Waals surface area (Å²) in [5, 5.41) is 19.6. The maximum Gasteiger partial charge on any atom is 0.276 e. The molecule has 0 atom stereocenters. The molecule has 0 fully saturated rings. The summed E-state index contributed by atoms with van der Waals surface area (Å²) in [5.41, 5.74) is 3.73. The number of aromatic nitrogens is 3. The van der Waals surface area contributed by atoms with Crippen LogP contribution >= 0.6 is 0 Å². The highest BCUT2D eigenvalue weighted by Crippen LogP contribution is 2.24. The Morgan fingerprint density at radius 1 is 1.41 bits per heavy atom. The van der Waals surface area contributed by atoms with Gasteiger partial charge >= 0.3 is 0 Å². The van der Waals surface area contributed by atoms with Gasteiger partial charge in [0.05, 0.1) is 23.0 Å². The number of nitriles is 1. The molecule has 3 aromatic rings. The first-order valence-electron chi connectivity index (χ1n) is 8.06. The molecule has 132 valence electrons. The molecule has 2 N–H and O–H groups in total. The second-order valence-electron chi connectivity index (χ2n) is 5.73. The van der Waals surface area contributed by atoms with Gasteiger partial charge in [0, 0.05) is 17.8 Å². The summed E-state index contributed by atoms with van der Waals surface area (Å²) in [6.45, 7) is 5.24. The Hall–Kier alpha value is -4.05. The number of aliphatic imine (C=N–C) groups is 1. The van der Waals surface area contributed by atoms with Crippen molar-refractivity contribution < 1.29 is 4.79 Å². The van der Waals surface area contributed by atoms with Crippen molar-refractivity contribution in [2.45, 2.75) is 6.92 Å². The Bertz CT molecular complexity index is 1100. The molecule has 0 unspecified atom stereocenters. The van der Waals surface area contributed by atoms with Crippen LogP contribution < -0.4 is 5.32 Å². The van der Waals surface area contributed by atoms with Gasteiger partial charge in [-0.3, -0.25) is 19.9 Å². The fraction of sp³-hybridized carbons (Fsp3) is 0.0500. The van der Waals surface area contributed by atoms with E-state index >= 15 is 0 Å². The zero-order valence-electron chi connectivity index (χ0n) is 14.6. The van der Waals surface area contributed by atoms with Crippen molar-refractivity contribution in [3.05, 3.63) is 71.8 Å². The van der Waals surface area contributed by atoms with Crippen LogP contribution in [0.2, 0.25) is 0 Å². The number of carbonyl (C=O) groups is 1. The first-order valence-corrected chi connectivity index (χ1v) is 8.06. The number of hydrogen-bond donors (Lipinski definition) is 2. The van der Waals surface area contributed by atoms with Crippen molar-refractivity contribution in [1.29, 1.82) is 5.26 Å². The zero-order valence-corrected chi connectivity index (χ0v) is 14.6. The number of H-pyrrole nitrogens is 1. The first kappa shape index (κ1) is 17.8. The molecule has 27 heavy (non-hydrogen) atoms. The molecule has 2 heterocycles. The fourth-order valence-corrected chi connectivity index (χ4v) is 2.57. The normalized spacial score (nSPS) is 11.9. The van der Waals surface area contributed by atoms with E-state index in [0.29, 0.717) is 16.6 Å². The third-order valence-electron chi connectivity index (χ3n) is 3.88. The van der Waals surface area contributed by atoms with E-state index in [1.807, 2.05) is 25.1 Å². The Labute approximate surface area is 155 Å². The lowest BCUT2D eigenvalue weighted by Gasteiger charge is -2.04. The maximum atomic E-state index is 12.6. The molecule has 0 spiro atoms. The zero-order chi connectivity index (χ0) is 19.2. The van der Waals surface area contributed by atoms with Gasteiger partial charge in [0.1, 0.15) is 6.07 Å². The predicted molar refractivity (Wildman–Crippen MR) is 105 cm³/mol. The van der Waals surface area contributed by atoms with Crippen LogP contribution in [0.15, 0.2) is 65.6 Å². The maximum absolute atomic E-state index is 12.6. The van der Waals surface area contributed by atoms with Gasteiger partial charge in [-0.25, -0.2) is 0 Å². The van der Waals surface area contributed by atoms with Crippen LogP contribution in [0.5, 0.6) is 0 Å². The van der Waals surface area contributed by atoms with E-state index in [1.54, 1.807) is 30.6 Å². The minimum atomic E-state index is -0.332. The van der Waals surface area contributed by atoms with Crippen molar-refractivity contribution in [3.63, 3.8) is 0 Å². The summed E-state index contributed by atoms with van der Waals surface area (Å²) >= 11 is 0. The molecule has 1 amide bonds. The lowest BCUT2D eigenvalue weighted by molar-refractivity contribution is 0.102. The average molecular weight is 356 g/mol. The van der Waals surface area contributed by atoms with Crippen LogP contribution in [0.3, 0.4) is 0 Å². The third kappa shape index (κ3) is 3.96. The van der Waals surface area contributed by atoms with Gasteiger partial charge in [0.2, 0.25) is 0 Å². The van der Waals surface area contributed by atoms with E-state index < -0.39 is 0 Å². The fourth-order valence-electron chi connectivity index (χ4n) is 2.57. The summed E-state index contributed by atoms with van der Waals surface area (Å²) in [6, 6.07) is 11.1. The number of nitrogens with one attached hydrogen (secondary N) is 2. The predicted octanol–water partition coefficient (Wildman–Crippen LogP) is 3.72. The van der Waals surface area contributed by atoms with Gasteiger partial charge in [-0.2, -0.15) is 10.4 Å². The Kier molecular flexibility index (Phi) is 5.19. The number of nitrogens with zero attached hydrogens (tertiary/aromatic N) is 4. The second-order valence-corrected chi connectivity index (χ2v) is 5.73. The Balaban J connectivity index is 1.96. The van der Waals surface area contributed by atoms with Gasteiger partial charge in [-0.15, -0.1) is 0 Å². The highest BCUT2D eigenvalue weighted by atomic mass is 16.1. The number of hydrogen-bond acceptors (Lipinski definition) is 5. The highest BCUT2D eigenvalue weighted by Gasteiger charge is 2.15. The summed E-state index contributed by atoms with van der Waals surface area (Å²) < 4.78 is 0. The van der Waals surface area contributed by atoms with Crippen molar-refractivity contribution >= 4 is 34.8 Å². The van der Waals surface area contributed by atoms with Crippen molar-refractivity contribution in [1.82, 2.24) is 15.2 Å². The quantitative estimate of drug-likeness (QED) is 0.413. The summed E-state index contributed by atoms with van der Waals surface area (Å²) in [7, 11) is 0. The molecule has 7 heteroatoms. The molecule has 0 radical (unpaired) electrons. The Morgan fingerprint density at radius 2 is 2.26 bits per heavy atom. The highest BCUT2D eigenvalue weighted by molar-refractivity contribution is 6.11. The minimum Gasteiger partial charge on any atom is -0.319 e. The number of pyridine rings is 1. The number of allylic oxidation sites excluding steroid dienone is 3. The number of anilines is 1. The molecule has 0 aliphatic carbocycles. The molecule has 0 bridgehead atoms. The first-order chi connectivity index (χ1) is 13.1. The van der Waals surface area contributed by atoms with Gasteiger partial charge in [0.15, 0.2) is 5.69 Å². The van der Waals surface area contributed by atoms with Crippen LogP contribution in [0, 0.1) is 11.3 Å². The van der Waals surface area contributed by atoms with Crippen molar-refractivity contribution in [3.8, 4) is 6.07 Å². The van der Waals surface area contributed by atoms with E-state index in [9.17, 15) is 4.79 Å². The van der Waals surface area contributed by atoms with E-state index in [4.69, 9.17) is 5.26 Å². The number of carbonyl (C=O) groups excluding carboxylic acids is 1. The standard InChI is InChI=1S/C20H16N6O/c1-13(8-14(10-21)11-22-2)15-5-6-18-17(9-15)19(26-25-18)20(27)24-16-4-3-7-23-12-16/h3-9,11-12H,2H2,1H3,(H,24,27)(H,25,26)/b13-8+,14-11+. The van der Waals surface area contributed by atoms with Gasteiger partial charge in [-0.05, 0) is 55.1 Å². The van der Waals surface area contributed by atoms with E-state index in [-0.39, 0.29) is 11.6 Å². The lowest BCUT2D eigenvalue weighted by Crippen LogP contribution is -2.12. The minimum absolute atomic E-state index is 0.285. The number of aromatic amines is 1. The van der Waals surface area contributed by atoms with Crippen molar-refractivity contribution in [2.24, 2.45) is 4.99 Å². The van der Waals surface area contributed by atoms with Crippen LogP contribution in [-0.4, -0.2) is 27.8 Å². The van der Waals surface area contributed by atoms with Crippen LogP contribution in [0.25, 0.3) is 16.5 Å². The van der Waals surface area contributed by atoms with E-state index in [0.717, 1.165) is 16.7 Å². The lowest BCUT2D eigenvalue weighted by atomic mass is 10.0. The largest absolute Gasteiger partial charge is 0.319 e. The number of rotatable bonds is 5. The summed E-state index contributed by atoms with van der Waals surface area (Å²) in [5.74, 6) is -0.332. The van der Waals surface area contributed by atoms with Crippen LogP contribution in [0.1, 0.15) is 23.0 Å². The molecule has 0 aliphatic rings. The topological polar surface area (TPSA) is 107 Å². The van der Waals surface area contributed by atoms with Gasteiger partial charge < -0.3 is 5.32 Å². The second kappa shape index (κ2) is 7.89. The summed E-state index contributed by atoms with van der Waals surface area (Å²) in [4.78, 5) is 20.2. The van der Waals surface area contributed by atoms with Gasteiger partial charge in [-0.1, -0.05) is 6.07 Å². The van der Waals surface area contributed by atoms with Gasteiger partial charge in [0.25, 0.3) is 5.91 Å². The molecule has 3 rings (SSSR count). The van der Waals surface area contributed by atoms with Crippen LogP contribution in [-0.2, 0) is 0 Å². The summed E-state index contributed by atoms with van der Waals surface area (Å²) in [6.07, 6.45) is 6.30. The molecule has 0 saturated heterocycles. The molecule has 0 aliphatic heterocycles. The third-order valence-corrected chi connectivity index (χ3v) is 3.88. The smallest absolute Gasteiger partial charge is 0.276 e. The van der Waals surface area contributed by atoms with Crippen molar-refractivity contribution in [2.75, 3.05) is 5.32 Å². The molecule has 7 nitrogen and oxygen atoms in total. The van der Waals surface area contributed by atoms with Crippen LogP contribution in [0.4, 0.5) is 5.69 Å². The van der Waals surface area contributed by atoms with E-state index in [1.165, 1.54) is 6.20 Å². The molecular formula is C20H16N6O. The molecular weight excluding hydrogens is 340 g/mol. The molecule has 1 aromatic carbocycles. The number of benzene rings is 1. The number of fused-ring (bicyclic) bond motifs is 1. The SMILES string of the molecule is C=N/C=C(C#N)\C=C(/C)c1ccc2[nH]nc(C(=O)Nc3cccnc3)c2c1. The number of amides is 1. The Morgan fingerprint density at radius 3 is 2.96 bits per heavy atom. The molecule has 0 saturated carbocycles. The monoisotopic (exact) mass is 356 g/mol.